The lowest BCUT2D eigenvalue weighted by atomic mass is 9.74. The largest absolute Gasteiger partial charge is 0.490 e. The lowest BCUT2D eigenvalue weighted by molar-refractivity contribution is -0.116. The van der Waals surface area contributed by atoms with Gasteiger partial charge < -0.3 is 15.2 Å². The van der Waals surface area contributed by atoms with Gasteiger partial charge in [0.2, 0.25) is 0 Å². The van der Waals surface area contributed by atoms with Crippen molar-refractivity contribution in [2.45, 2.75) is 79.2 Å². The van der Waals surface area contributed by atoms with Crippen LogP contribution in [0.1, 0.15) is 87.0 Å². The van der Waals surface area contributed by atoms with Crippen molar-refractivity contribution < 1.29 is 19.4 Å². The Morgan fingerprint density at radius 2 is 1.70 bits per heavy atom. The second kappa shape index (κ2) is 10.4. The average molecular weight is 474 g/mol. The highest BCUT2D eigenvalue weighted by Crippen LogP contribution is 2.43. The van der Waals surface area contributed by atoms with Crippen LogP contribution in [-0.2, 0) is 10.2 Å². The normalized spacial score (nSPS) is 14.0. The van der Waals surface area contributed by atoms with E-state index >= 15 is 0 Å². The molecule has 2 rings (SSSR count). The Labute approximate surface area is 202 Å². The van der Waals surface area contributed by atoms with Crippen molar-refractivity contribution in [2.75, 3.05) is 13.2 Å². The lowest BCUT2D eigenvalue weighted by Crippen LogP contribution is -2.45. The highest BCUT2D eigenvalue weighted by Gasteiger charge is 2.37. The van der Waals surface area contributed by atoms with Crippen molar-refractivity contribution in [1.29, 1.82) is 0 Å². The number of benzene rings is 1. The number of carbonyl (C=O) groups is 2. The molecule has 0 bridgehead atoms. The molecule has 0 spiro atoms. The number of amides is 1. The molecule has 0 aliphatic rings. The zero-order valence-corrected chi connectivity index (χ0v) is 22.1. The first-order chi connectivity index (χ1) is 15.3. The third kappa shape index (κ3) is 6.04. The molecule has 33 heavy (non-hydrogen) atoms. The van der Waals surface area contributed by atoms with Crippen molar-refractivity contribution >= 4 is 23.0 Å². The van der Waals surface area contributed by atoms with Gasteiger partial charge in [-0.15, -0.1) is 11.3 Å². The number of aryl methyl sites for hydroxylation is 1. The molecular weight excluding hydrogens is 434 g/mol. The van der Waals surface area contributed by atoms with Crippen LogP contribution in [0.2, 0.25) is 0 Å². The molecule has 5 nitrogen and oxygen atoms in total. The molecule has 1 aromatic carbocycles. The Hall–Kier alpha value is -2.18. The summed E-state index contributed by atoms with van der Waals surface area (Å²) in [5.41, 5.74) is 0.722. The lowest BCUT2D eigenvalue weighted by Gasteiger charge is -2.37. The SMILES string of the molecule is CCC(CC)(c1ccc(OCC(C)(O)C(C)(C)C)c(C)c1)c1ccc(C(=O)NCC(C)=O)s1. The van der Waals surface area contributed by atoms with Crippen molar-refractivity contribution in [3.05, 3.63) is 51.2 Å². The number of nitrogens with one attached hydrogen (secondary N) is 1. The summed E-state index contributed by atoms with van der Waals surface area (Å²) >= 11 is 1.48. The van der Waals surface area contributed by atoms with Crippen LogP contribution in [0.15, 0.2) is 30.3 Å². The molecule has 0 fully saturated rings. The van der Waals surface area contributed by atoms with Gasteiger partial charge in [-0.25, -0.2) is 0 Å². The van der Waals surface area contributed by atoms with Crippen molar-refractivity contribution in [2.24, 2.45) is 5.41 Å². The maximum atomic E-state index is 12.4. The van der Waals surface area contributed by atoms with Crippen LogP contribution in [0, 0.1) is 12.3 Å². The predicted octanol–water partition coefficient (Wildman–Crippen LogP) is 5.66. The van der Waals surface area contributed by atoms with Gasteiger partial charge >= 0.3 is 0 Å². The van der Waals surface area contributed by atoms with E-state index in [1.807, 2.05) is 45.9 Å². The van der Waals surface area contributed by atoms with Gasteiger partial charge in [-0.3, -0.25) is 9.59 Å². The second-order valence-corrected chi connectivity index (χ2v) is 11.2. The van der Waals surface area contributed by atoms with E-state index in [9.17, 15) is 14.7 Å². The molecule has 1 aromatic heterocycles. The summed E-state index contributed by atoms with van der Waals surface area (Å²) in [4.78, 5) is 25.4. The maximum Gasteiger partial charge on any atom is 0.261 e. The predicted molar refractivity (Wildman–Crippen MR) is 135 cm³/mol. The Bertz CT molecular complexity index is 980. The molecule has 0 saturated heterocycles. The molecule has 182 valence electrons. The number of hydrogen-bond acceptors (Lipinski definition) is 5. The van der Waals surface area contributed by atoms with E-state index in [0.29, 0.717) is 4.88 Å². The number of ketones is 1. The first-order valence-electron chi connectivity index (χ1n) is 11.6. The number of ether oxygens (including phenoxy) is 1. The van der Waals surface area contributed by atoms with Gasteiger partial charge in [-0.2, -0.15) is 0 Å². The number of rotatable bonds is 10. The Kier molecular flexibility index (Phi) is 8.52. The highest BCUT2D eigenvalue weighted by molar-refractivity contribution is 7.14. The first-order valence-corrected chi connectivity index (χ1v) is 12.4. The zero-order chi connectivity index (χ0) is 25.0. The van der Waals surface area contributed by atoms with Crippen molar-refractivity contribution in [1.82, 2.24) is 5.32 Å². The summed E-state index contributed by atoms with van der Waals surface area (Å²) in [5, 5.41) is 13.4. The molecule has 1 heterocycles. The fourth-order valence-corrected chi connectivity index (χ4v) is 4.98. The smallest absolute Gasteiger partial charge is 0.261 e. The van der Waals surface area contributed by atoms with Crippen molar-refractivity contribution in [3.63, 3.8) is 0 Å². The zero-order valence-electron chi connectivity index (χ0n) is 21.3. The van der Waals surface area contributed by atoms with E-state index in [0.717, 1.165) is 29.0 Å². The molecule has 1 atom stereocenters. The molecule has 0 aliphatic heterocycles. The summed E-state index contributed by atoms with van der Waals surface area (Å²) in [6.07, 6.45) is 1.77. The topological polar surface area (TPSA) is 75.6 Å². The maximum absolute atomic E-state index is 12.4. The molecule has 1 unspecified atom stereocenters. The Morgan fingerprint density at radius 3 is 2.21 bits per heavy atom. The summed E-state index contributed by atoms with van der Waals surface area (Å²) in [6.45, 7) is 15.9. The van der Waals surface area contributed by atoms with Gasteiger partial charge in [0.15, 0.2) is 0 Å². The summed E-state index contributed by atoms with van der Waals surface area (Å²) < 4.78 is 6.02. The average Bonchev–Trinajstić information content (AvgIpc) is 3.22. The third-order valence-corrected chi connectivity index (χ3v) is 8.15. The summed E-state index contributed by atoms with van der Waals surface area (Å²) in [6, 6.07) is 10.1. The van der Waals surface area contributed by atoms with Gasteiger partial charge in [-0.05, 0) is 68.4 Å². The monoisotopic (exact) mass is 473 g/mol. The van der Waals surface area contributed by atoms with Crippen LogP contribution in [0.5, 0.6) is 5.75 Å². The minimum absolute atomic E-state index is 0.0432. The fourth-order valence-electron chi connectivity index (χ4n) is 3.70. The van der Waals surface area contributed by atoms with Gasteiger partial charge in [0.05, 0.1) is 11.4 Å². The number of thiophene rings is 1. The van der Waals surface area contributed by atoms with E-state index in [-0.39, 0.29) is 35.7 Å². The van der Waals surface area contributed by atoms with E-state index in [1.54, 1.807) is 6.92 Å². The molecule has 0 saturated carbocycles. The third-order valence-electron chi connectivity index (χ3n) is 6.86. The van der Waals surface area contributed by atoms with Crippen LogP contribution in [0.25, 0.3) is 0 Å². The van der Waals surface area contributed by atoms with Crippen molar-refractivity contribution in [3.8, 4) is 5.75 Å². The molecule has 0 radical (unpaired) electrons. The number of aliphatic hydroxyl groups is 1. The van der Waals surface area contributed by atoms with Crippen LogP contribution < -0.4 is 10.1 Å². The quantitative estimate of drug-likeness (QED) is 0.467. The second-order valence-electron chi connectivity index (χ2n) is 10.1. The van der Waals surface area contributed by atoms with E-state index in [1.165, 1.54) is 23.8 Å². The number of carbonyl (C=O) groups excluding carboxylic acids is 2. The summed E-state index contributed by atoms with van der Waals surface area (Å²) in [5.74, 6) is 0.478. The molecule has 0 aliphatic carbocycles. The van der Waals surface area contributed by atoms with Gasteiger partial charge in [0.1, 0.15) is 23.7 Å². The highest BCUT2D eigenvalue weighted by atomic mass is 32.1. The molecule has 2 N–H and O–H groups in total. The minimum atomic E-state index is -0.953. The van der Waals surface area contributed by atoms with E-state index < -0.39 is 5.60 Å². The molecule has 2 aromatic rings. The van der Waals surface area contributed by atoms with Crippen LogP contribution in [0.3, 0.4) is 0 Å². The molecular formula is C27H39NO4S. The number of hydrogen-bond donors (Lipinski definition) is 2. The van der Waals surface area contributed by atoms with Gasteiger partial charge in [0.25, 0.3) is 5.91 Å². The number of Topliss-reactive ketones (excluding diaryl/α,β-unsaturated/α-hetero) is 1. The van der Waals surface area contributed by atoms with Gasteiger partial charge in [0, 0.05) is 10.3 Å². The Morgan fingerprint density at radius 1 is 1.06 bits per heavy atom. The van der Waals surface area contributed by atoms with Gasteiger partial charge in [-0.1, -0.05) is 46.8 Å². The van der Waals surface area contributed by atoms with Crippen LogP contribution >= 0.6 is 11.3 Å². The molecule has 6 heteroatoms. The van der Waals surface area contributed by atoms with Crippen LogP contribution in [-0.4, -0.2) is 35.5 Å². The Balaban J connectivity index is 2.31. The standard InChI is InChI=1S/C27H39NO4S/c1-9-27(10-2,23-14-13-22(33-23)24(30)28-16-19(4)29)20-11-12-21(18(3)15-20)32-17-26(8,31)25(5,6)7/h11-15,31H,9-10,16-17H2,1-8H3,(H,28,30). The minimum Gasteiger partial charge on any atom is -0.490 e. The fraction of sp³-hybridized carbons (Fsp3) is 0.556. The molecule has 1 amide bonds. The van der Waals surface area contributed by atoms with E-state index in [2.05, 4.69) is 31.3 Å². The van der Waals surface area contributed by atoms with E-state index in [4.69, 9.17) is 4.74 Å². The van der Waals surface area contributed by atoms with Crippen LogP contribution in [0.4, 0.5) is 0 Å². The first kappa shape index (κ1) is 27.1. The summed E-state index contributed by atoms with van der Waals surface area (Å²) in [7, 11) is 0.